The minimum Gasteiger partial charge on any atom is -0.374 e. The fraction of sp³-hybridized carbons (Fsp3) is 0.412. The summed E-state index contributed by atoms with van der Waals surface area (Å²) >= 11 is 6.07. The lowest BCUT2D eigenvalue weighted by Gasteiger charge is -2.13. The van der Waals surface area contributed by atoms with Crippen LogP contribution in [0, 0.1) is 6.92 Å². The second-order valence-electron chi connectivity index (χ2n) is 5.41. The first-order valence-corrected chi connectivity index (χ1v) is 8.02. The molecule has 0 bridgehead atoms. The molecule has 1 aromatic heterocycles. The van der Waals surface area contributed by atoms with Gasteiger partial charge in [0.25, 0.3) is 5.91 Å². The summed E-state index contributed by atoms with van der Waals surface area (Å²) in [5.74, 6) is -0.197. The first-order chi connectivity index (χ1) is 11.0. The molecule has 0 aliphatic carbocycles. The SMILES string of the molecule is Cc1nn(C)c(Cl)c1C(=O)NCCCOC(C)c1ccccc1. The van der Waals surface area contributed by atoms with E-state index in [1.165, 1.54) is 4.68 Å². The summed E-state index contributed by atoms with van der Waals surface area (Å²) in [6.07, 6.45) is 0.779. The Morgan fingerprint density at radius 3 is 2.70 bits per heavy atom. The zero-order chi connectivity index (χ0) is 16.8. The van der Waals surface area contributed by atoms with E-state index < -0.39 is 0 Å². The molecule has 6 heteroatoms. The van der Waals surface area contributed by atoms with E-state index in [1.807, 2.05) is 37.3 Å². The lowest BCUT2D eigenvalue weighted by atomic mass is 10.1. The Hall–Kier alpha value is -1.85. The molecule has 1 aromatic carbocycles. The Kier molecular flexibility index (Phi) is 6.19. The molecular weight excluding hydrogens is 314 g/mol. The van der Waals surface area contributed by atoms with Gasteiger partial charge < -0.3 is 10.1 Å². The third kappa shape index (κ3) is 4.56. The van der Waals surface area contributed by atoms with Crippen LogP contribution in [0.5, 0.6) is 0 Å². The second-order valence-corrected chi connectivity index (χ2v) is 5.77. The molecule has 5 nitrogen and oxygen atoms in total. The van der Waals surface area contributed by atoms with Crippen molar-refractivity contribution in [2.24, 2.45) is 7.05 Å². The summed E-state index contributed by atoms with van der Waals surface area (Å²) in [4.78, 5) is 12.1. The number of carbonyl (C=O) groups excluding carboxylic acids is 1. The Morgan fingerprint density at radius 2 is 2.09 bits per heavy atom. The number of ether oxygens (including phenoxy) is 1. The molecule has 2 rings (SSSR count). The summed E-state index contributed by atoms with van der Waals surface area (Å²) in [5.41, 5.74) is 2.21. The van der Waals surface area contributed by atoms with Crippen molar-refractivity contribution in [2.75, 3.05) is 13.2 Å². The fourth-order valence-electron chi connectivity index (χ4n) is 2.33. The van der Waals surface area contributed by atoms with Crippen molar-refractivity contribution in [2.45, 2.75) is 26.4 Å². The van der Waals surface area contributed by atoms with Crippen molar-refractivity contribution in [1.82, 2.24) is 15.1 Å². The van der Waals surface area contributed by atoms with Crippen LogP contribution in [0.2, 0.25) is 5.15 Å². The zero-order valence-electron chi connectivity index (χ0n) is 13.7. The Balaban J connectivity index is 1.72. The molecule has 0 saturated heterocycles. The number of hydrogen-bond acceptors (Lipinski definition) is 3. The van der Waals surface area contributed by atoms with Crippen LogP contribution in [-0.4, -0.2) is 28.8 Å². The van der Waals surface area contributed by atoms with Gasteiger partial charge in [-0.15, -0.1) is 0 Å². The second kappa shape index (κ2) is 8.13. The number of nitrogens with one attached hydrogen (secondary N) is 1. The van der Waals surface area contributed by atoms with Crippen molar-refractivity contribution in [3.8, 4) is 0 Å². The van der Waals surface area contributed by atoms with E-state index in [1.54, 1.807) is 14.0 Å². The van der Waals surface area contributed by atoms with Crippen LogP contribution >= 0.6 is 11.6 Å². The van der Waals surface area contributed by atoms with Crippen LogP contribution in [0.25, 0.3) is 0 Å². The molecule has 1 heterocycles. The first-order valence-electron chi connectivity index (χ1n) is 7.64. The molecule has 1 unspecified atom stereocenters. The van der Waals surface area contributed by atoms with Gasteiger partial charge in [0.15, 0.2) is 0 Å². The van der Waals surface area contributed by atoms with Crippen LogP contribution in [0.3, 0.4) is 0 Å². The van der Waals surface area contributed by atoms with Crippen molar-refractivity contribution in [3.63, 3.8) is 0 Å². The number of amides is 1. The Bertz CT molecular complexity index is 655. The third-order valence-electron chi connectivity index (χ3n) is 3.62. The average molecular weight is 336 g/mol. The standard InChI is InChI=1S/C17H22ClN3O2/c1-12-15(16(18)21(3)20-12)17(22)19-10-7-11-23-13(2)14-8-5-4-6-9-14/h4-6,8-9,13H,7,10-11H2,1-3H3,(H,19,22). The van der Waals surface area contributed by atoms with Crippen molar-refractivity contribution >= 4 is 17.5 Å². The van der Waals surface area contributed by atoms with Gasteiger partial charge in [0, 0.05) is 20.2 Å². The number of rotatable bonds is 7. The van der Waals surface area contributed by atoms with E-state index in [2.05, 4.69) is 10.4 Å². The molecule has 1 N–H and O–H groups in total. The van der Waals surface area contributed by atoms with Crippen LogP contribution in [0.1, 0.15) is 41.1 Å². The van der Waals surface area contributed by atoms with E-state index in [-0.39, 0.29) is 12.0 Å². The van der Waals surface area contributed by atoms with E-state index in [4.69, 9.17) is 16.3 Å². The van der Waals surface area contributed by atoms with Crippen LogP contribution < -0.4 is 5.32 Å². The van der Waals surface area contributed by atoms with Gasteiger partial charge in [0.05, 0.1) is 17.4 Å². The van der Waals surface area contributed by atoms with Crippen molar-refractivity contribution in [1.29, 1.82) is 0 Å². The van der Waals surface area contributed by atoms with Crippen LogP contribution in [0.4, 0.5) is 0 Å². The summed E-state index contributed by atoms with van der Waals surface area (Å²) in [6, 6.07) is 10.1. The highest BCUT2D eigenvalue weighted by molar-refractivity contribution is 6.33. The number of carbonyl (C=O) groups is 1. The van der Waals surface area contributed by atoms with E-state index in [0.717, 1.165) is 12.0 Å². The molecule has 23 heavy (non-hydrogen) atoms. The molecule has 0 saturated carbocycles. The predicted molar refractivity (Wildman–Crippen MR) is 90.7 cm³/mol. The van der Waals surface area contributed by atoms with Gasteiger partial charge in [-0.05, 0) is 25.8 Å². The highest BCUT2D eigenvalue weighted by atomic mass is 35.5. The number of aromatic nitrogens is 2. The molecule has 2 aromatic rings. The summed E-state index contributed by atoms with van der Waals surface area (Å²) in [6.45, 7) is 4.90. The first kappa shape index (κ1) is 17.5. The number of nitrogens with zero attached hydrogens (tertiary/aromatic N) is 2. The van der Waals surface area contributed by atoms with Gasteiger partial charge in [-0.1, -0.05) is 41.9 Å². The van der Waals surface area contributed by atoms with Gasteiger partial charge in [0.2, 0.25) is 0 Å². The monoisotopic (exact) mass is 335 g/mol. The maximum atomic E-state index is 12.1. The Morgan fingerprint density at radius 1 is 1.39 bits per heavy atom. The van der Waals surface area contributed by atoms with Gasteiger partial charge in [-0.25, -0.2) is 0 Å². The maximum Gasteiger partial charge on any atom is 0.256 e. The largest absolute Gasteiger partial charge is 0.374 e. The average Bonchev–Trinajstić information content (AvgIpc) is 2.80. The predicted octanol–water partition coefficient (Wildman–Crippen LogP) is 3.28. The summed E-state index contributed by atoms with van der Waals surface area (Å²) < 4.78 is 7.27. The minimum atomic E-state index is -0.197. The van der Waals surface area contributed by atoms with Crippen LogP contribution in [-0.2, 0) is 11.8 Å². The molecular formula is C17H22ClN3O2. The minimum absolute atomic E-state index is 0.0434. The molecule has 1 amide bonds. The van der Waals surface area contributed by atoms with Crippen LogP contribution in [0.15, 0.2) is 30.3 Å². The molecule has 124 valence electrons. The maximum absolute atomic E-state index is 12.1. The summed E-state index contributed by atoms with van der Waals surface area (Å²) in [5, 5.41) is 7.34. The van der Waals surface area contributed by atoms with E-state index in [9.17, 15) is 4.79 Å². The normalized spacial score (nSPS) is 12.2. The number of benzene rings is 1. The fourth-order valence-corrected chi connectivity index (χ4v) is 2.59. The molecule has 0 spiro atoms. The summed E-state index contributed by atoms with van der Waals surface area (Å²) in [7, 11) is 1.71. The molecule has 0 aliphatic heterocycles. The molecule has 1 atom stereocenters. The Labute approximate surface area is 141 Å². The highest BCUT2D eigenvalue weighted by Crippen LogP contribution is 2.18. The van der Waals surface area contributed by atoms with Crippen molar-refractivity contribution in [3.05, 3.63) is 52.3 Å². The number of aryl methyl sites for hydroxylation is 2. The van der Waals surface area contributed by atoms with Gasteiger partial charge in [-0.3, -0.25) is 9.48 Å². The molecule has 0 aliphatic rings. The highest BCUT2D eigenvalue weighted by Gasteiger charge is 2.18. The number of halogens is 1. The van der Waals surface area contributed by atoms with Crippen molar-refractivity contribution < 1.29 is 9.53 Å². The molecule has 0 radical (unpaired) electrons. The van der Waals surface area contributed by atoms with Gasteiger partial charge in [0.1, 0.15) is 5.15 Å². The van der Waals surface area contributed by atoms with E-state index >= 15 is 0 Å². The van der Waals surface area contributed by atoms with Gasteiger partial charge in [-0.2, -0.15) is 5.10 Å². The number of hydrogen-bond donors (Lipinski definition) is 1. The zero-order valence-corrected chi connectivity index (χ0v) is 14.4. The third-order valence-corrected chi connectivity index (χ3v) is 4.06. The lowest BCUT2D eigenvalue weighted by Crippen LogP contribution is -2.26. The van der Waals surface area contributed by atoms with E-state index in [0.29, 0.717) is 29.6 Å². The topological polar surface area (TPSA) is 56.2 Å². The van der Waals surface area contributed by atoms with Gasteiger partial charge >= 0.3 is 0 Å². The lowest BCUT2D eigenvalue weighted by molar-refractivity contribution is 0.0635. The molecule has 0 fully saturated rings. The quantitative estimate of drug-likeness (QED) is 0.790. The smallest absolute Gasteiger partial charge is 0.256 e.